The topological polar surface area (TPSA) is 39.2 Å². The molecule has 3 heteroatoms. The van der Waals surface area contributed by atoms with Gasteiger partial charge >= 0.3 is 0 Å². The van der Waals surface area contributed by atoms with Crippen molar-refractivity contribution in [1.29, 1.82) is 0 Å². The fraction of sp³-hybridized carbons (Fsp3) is 0.429. The maximum Gasteiger partial charge on any atom is 0.134 e. The second kappa shape index (κ2) is 4.39. The van der Waals surface area contributed by atoms with Crippen molar-refractivity contribution in [3.05, 3.63) is 35.6 Å². The molecule has 2 unspecified atom stereocenters. The Morgan fingerprint density at radius 1 is 1.41 bits per heavy atom. The molecule has 1 aliphatic heterocycles. The summed E-state index contributed by atoms with van der Waals surface area (Å²) in [6, 6.07) is 8.42. The Hall–Kier alpha value is -0.930. The average Bonchev–Trinajstić information content (AvgIpc) is 2.96. The van der Waals surface area contributed by atoms with Crippen LogP contribution in [0, 0.1) is 12.8 Å². The van der Waals surface area contributed by atoms with E-state index in [4.69, 9.17) is 10.2 Å². The lowest BCUT2D eigenvalue weighted by atomic mass is 9.98. The Kier molecular flexibility index (Phi) is 2.89. The maximum atomic E-state index is 6.30. The molecule has 1 saturated heterocycles. The van der Waals surface area contributed by atoms with Gasteiger partial charge in [0.05, 0.1) is 6.04 Å². The van der Waals surface area contributed by atoms with Gasteiger partial charge in [-0.3, -0.25) is 0 Å². The standard InChI is InChI=1S/C14H17NOS/c1-9-2-3-12-11(6-9)7-13(16-12)14(15)10-4-5-17-8-10/h2-3,6-7,10,14H,4-5,8,15H2,1H3. The molecule has 0 saturated carbocycles. The van der Waals surface area contributed by atoms with E-state index in [1.165, 1.54) is 23.1 Å². The Morgan fingerprint density at radius 2 is 2.29 bits per heavy atom. The van der Waals surface area contributed by atoms with E-state index in [1.54, 1.807) is 0 Å². The molecule has 1 aromatic heterocycles. The number of hydrogen-bond donors (Lipinski definition) is 1. The molecule has 90 valence electrons. The van der Waals surface area contributed by atoms with Crippen molar-refractivity contribution < 1.29 is 4.42 Å². The molecule has 0 bridgehead atoms. The van der Waals surface area contributed by atoms with Gasteiger partial charge in [-0.15, -0.1) is 0 Å². The smallest absolute Gasteiger partial charge is 0.134 e. The van der Waals surface area contributed by atoms with Crippen molar-refractivity contribution in [1.82, 2.24) is 0 Å². The molecule has 1 aromatic carbocycles. The first kappa shape index (κ1) is 11.2. The molecule has 0 spiro atoms. The molecule has 2 aromatic rings. The van der Waals surface area contributed by atoms with Crippen LogP contribution in [-0.2, 0) is 0 Å². The second-order valence-electron chi connectivity index (χ2n) is 4.84. The van der Waals surface area contributed by atoms with Crippen molar-refractivity contribution in [3.8, 4) is 0 Å². The Labute approximate surface area is 106 Å². The van der Waals surface area contributed by atoms with Crippen molar-refractivity contribution >= 4 is 22.7 Å². The van der Waals surface area contributed by atoms with Crippen LogP contribution in [-0.4, -0.2) is 11.5 Å². The number of rotatable bonds is 2. The van der Waals surface area contributed by atoms with Crippen LogP contribution < -0.4 is 5.73 Å². The minimum Gasteiger partial charge on any atom is -0.459 e. The first-order valence-electron chi connectivity index (χ1n) is 6.07. The summed E-state index contributed by atoms with van der Waals surface area (Å²) in [6.07, 6.45) is 1.21. The van der Waals surface area contributed by atoms with Crippen molar-refractivity contribution in [2.75, 3.05) is 11.5 Å². The number of thioether (sulfide) groups is 1. The zero-order valence-electron chi connectivity index (χ0n) is 9.98. The molecule has 0 amide bonds. The molecule has 1 aliphatic rings. The molecule has 2 nitrogen and oxygen atoms in total. The molecule has 2 N–H and O–H groups in total. The van der Waals surface area contributed by atoms with E-state index < -0.39 is 0 Å². The lowest BCUT2D eigenvalue weighted by molar-refractivity contribution is 0.402. The van der Waals surface area contributed by atoms with Gasteiger partial charge in [0.15, 0.2) is 0 Å². The fourth-order valence-electron chi connectivity index (χ4n) is 2.42. The predicted molar refractivity (Wildman–Crippen MR) is 73.3 cm³/mol. The SMILES string of the molecule is Cc1ccc2oc(C(N)C3CCSC3)cc2c1. The second-order valence-corrected chi connectivity index (χ2v) is 5.99. The van der Waals surface area contributed by atoms with Crippen LogP contribution >= 0.6 is 11.8 Å². The molecule has 1 fully saturated rings. The summed E-state index contributed by atoms with van der Waals surface area (Å²) >= 11 is 1.99. The van der Waals surface area contributed by atoms with E-state index in [0.29, 0.717) is 5.92 Å². The van der Waals surface area contributed by atoms with Gasteiger partial charge < -0.3 is 10.2 Å². The van der Waals surface area contributed by atoms with E-state index >= 15 is 0 Å². The Morgan fingerprint density at radius 3 is 3.06 bits per heavy atom. The zero-order chi connectivity index (χ0) is 11.8. The van der Waals surface area contributed by atoms with Crippen LogP contribution in [0.15, 0.2) is 28.7 Å². The monoisotopic (exact) mass is 247 g/mol. The lowest BCUT2D eigenvalue weighted by Gasteiger charge is -2.15. The normalized spacial score (nSPS) is 22.1. The van der Waals surface area contributed by atoms with Gasteiger partial charge in [0.1, 0.15) is 11.3 Å². The van der Waals surface area contributed by atoms with Crippen LogP contribution in [0.4, 0.5) is 0 Å². The first-order valence-corrected chi connectivity index (χ1v) is 7.23. The van der Waals surface area contributed by atoms with Gasteiger partial charge in [-0.1, -0.05) is 11.6 Å². The summed E-state index contributed by atoms with van der Waals surface area (Å²) in [4.78, 5) is 0. The first-order chi connectivity index (χ1) is 8.24. The minimum absolute atomic E-state index is 0.0534. The van der Waals surface area contributed by atoms with Gasteiger partial charge in [-0.05, 0) is 49.0 Å². The fourth-order valence-corrected chi connectivity index (χ4v) is 3.73. The molecule has 2 atom stereocenters. The highest BCUT2D eigenvalue weighted by atomic mass is 32.2. The van der Waals surface area contributed by atoms with Crippen LogP contribution in [0.25, 0.3) is 11.0 Å². The minimum atomic E-state index is 0.0534. The summed E-state index contributed by atoms with van der Waals surface area (Å²) in [6.45, 7) is 2.10. The quantitative estimate of drug-likeness (QED) is 0.883. The molecular weight excluding hydrogens is 230 g/mol. The van der Waals surface area contributed by atoms with Crippen LogP contribution in [0.5, 0.6) is 0 Å². The van der Waals surface area contributed by atoms with Crippen LogP contribution in [0.2, 0.25) is 0 Å². The predicted octanol–water partition coefficient (Wildman–Crippen LogP) is 3.49. The third-order valence-corrected chi connectivity index (χ3v) is 4.68. The number of nitrogens with two attached hydrogens (primary N) is 1. The summed E-state index contributed by atoms with van der Waals surface area (Å²) in [5, 5.41) is 1.17. The largest absolute Gasteiger partial charge is 0.459 e. The summed E-state index contributed by atoms with van der Waals surface area (Å²) in [5.41, 5.74) is 8.50. The van der Waals surface area contributed by atoms with E-state index in [0.717, 1.165) is 17.1 Å². The Bertz CT molecular complexity index is 528. The van der Waals surface area contributed by atoms with E-state index in [1.807, 2.05) is 17.8 Å². The number of furan rings is 1. The van der Waals surface area contributed by atoms with Crippen molar-refractivity contribution in [2.24, 2.45) is 11.7 Å². The Balaban J connectivity index is 1.94. The van der Waals surface area contributed by atoms with Gasteiger partial charge in [0.25, 0.3) is 0 Å². The van der Waals surface area contributed by atoms with E-state index in [2.05, 4.69) is 25.1 Å². The molecule has 0 radical (unpaired) electrons. The summed E-state index contributed by atoms with van der Waals surface area (Å²) < 4.78 is 5.86. The molecule has 2 heterocycles. The van der Waals surface area contributed by atoms with Gasteiger partial charge in [0, 0.05) is 5.39 Å². The third-order valence-electron chi connectivity index (χ3n) is 3.49. The highest BCUT2D eigenvalue weighted by molar-refractivity contribution is 7.99. The number of benzene rings is 1. The third kappa shape index (κ3) is 2.09. The average molecular weight is 247 g/mol. The van der Waals surface area contributed by atoms with Crippen LogP contribution in [0.3, 0.4) is 0 Å². The summed E-state index contributed by atoms with van der Waals surface area (Å²) in [7, 11) is 0. The van der Waals surface area contributed by atoms with Crippen molar-refractivity contribution in [2.45, 2.75) is 19.4 Å². The maximum absolute atomic E-state index is 6.30. The van der Waals surface area contributed by atoms with Gasteiger partial charge in [-0.2, -0.15) is 11.8 Å². The van der Waals surface area contributed by atoms with Crippen molar-refractivity contribution in [3.63, 3.8) is 0 Å². The molecular formula is C14H17NOS. The van der Waals surface area contributed by atoms with Crippen LogP contribution in [0.1, 0.15) is 23.8 Å². The number of fused-ring (bicyclic) bond motifs is 1. The molecule has 3 rings (SSSR count). The zero-order valence-corrected chi connectivity index (χ0v) is 10.8. The van der Waals surface area contributed by atoms with E-state index in [9.17, 15) is 0 Å². The molecule has 17 heavy (non-hydrogen) atoms. The summed E-state index contributed by atoms with van der Waals surface area (Å²) in [5.74, 6) is 3.91. The van der Waals surface area contributed by atoms with Gasteiger partial charge in [0.2, 0.25) is 0 Å². The van der Waals surface area contributed by atoms with E-state index in [-0.39, 0.29) is 6.04 Å². The van der Waals surface area contributed by atoms with Gasteiger partial charge in [-0.25, -0.2) is 0 Å². The lowest BCUT2D eigenvalue weighted by Crippen LogP contribution is -2.20. The number of aryl methyl sites for hydroxylation is 1. The molecule has 0 aliphatic carbocycles. The highest BCUT2D eigenvalue weighted by Gasteiger charge is 2.26. The number of hydrogen-bond acceptors (Lipinski definition) is 3. The highest BCUT2D eigenvalue weighted by Crippen LogP contribution is 2.34.